The summed E-state index contributed by atoms with van der Waals surface area (Å²) >= 11 is 0. The lowest BCUT2D eigenvalue weighted by atomic mass is 10.0. The standard InChI is InChI=1S/C25H34N6O/c1-20(2)17-24(30-15-13-29(14-16-30)18-21-7-5-4-6-8-21)25-26-27-28-31(25)19-22-9-11-23(32-3)12-10-22/h4-12,20,24H,13-19H2,1-3H3/t24-/m0/s1. The molecule has 0 N–H and O–H groups in total. The predicted molar refractivity (Wildman–Crippen MR) is 125 cm³/mol. The van der Waals surface area contributed by atoms with Crippen molar-refractivity contribution in [2.24, 2.45) is 5.92 Å². The highest BCUT2D eigenvalue weighted by Gasteiger charge is 2.29. The SMILES string of the molecule is COc1ccc(Cn2nnnc2[C@H](CC(C)C)N2CCN(Cc3ccccc3)CC2)cc1. The number of hydrogen-bond acceptors (Lipinski definition) is 6. The Labute approximate surface area is 191 Å². The molecule has 1 saturated heterocycles. The molecule has 0 radical (unpaired) electrons. The molecule has 2 heterocycles. The molecule has 0 saturated carbocycles. The van der Waals surface area contributed by atoms with Crippen LogP contribution in [0.2, 0.25) is 0 Å². The zero-order chi connectivity index (χ0) is 22.3. The third-order valence-corrected chi connectivity index (χ3v) is 6.14. The predicted octanol–water partition coefficient (Wildman–Crippen LogP) is 3.64. The molecule has 170 valence electrons. The minimum Gasteiger partial charge on any atom is -0.497 e. The Kier molecular flexibility index (Phi) is 7.50. The smallest absolute Gasteiger partial charge is 0.168 e. The summed E-state index contributed by atoms with van der Waals surface area (Å²) in [4.78, 5) is 5.11. The van der Waals surface area contributed by atoms with Gasteiger partial charge in [-0.2, -0.15) is 0 Å². The van der Waals surface area contributed by atoms with Crippen LogP contribution in [0.5, 0.6) is 5.75 Å². The van der Waals surface area contributed by atoms with E-state index in [0.717, 1.165) is 56.3 Å². The summed E-state index contributed by atoms with van der Waals surface area (Å²) in [6.07, 6.45) is 1.04. The van der Waals surface area contributed by atoms with E-state index >= 15 is 0 Å². The highest BCUT2D eigenvalue weighted by Crippen LogP contribution is 2.28. The molecule has 3 aromatic rings. The average molecular weight is 435 g/mol. The molecule has 7 heteroatoms. The fourth-order valence-electron chi connectivity index (χ4n) is 4.41. The van der Waals surface area contributed by atoms with Crippen molar-refractivity contribution in [1.82, 2.24) is 30.0 Å². The summed E-state index contributed by atoms with van der Waals surface area (Å²) in [5.41, 5.74) is 2.54. The first-order valence-corrected chi connectivity index (χ1v) is 11.5. The van der Waals surface area contributed by atoms with Crippen LogP contribution in [-0.4, -0.2) is 63.3 Å². The number of rotatable bonds is 9. The molecule has 0 amide bonds. The molecule has 0 unspecified atom stereocenters. The number of benzene rings is 2. The molecule has 1 fully saturated rings. The van der Waals surface area contributed by atoms with Gasteiger partial charge in [0.1, 0.15) is 5.75 Å². The molecule has 32 heavy (non-hydrogen) atoms. The van der Waals surface area contributed by atoms with Crippen molar-refractivity contribution in [3.63, 3.8) is 0 Å². The number of nitrogens with zero attached hydrogens (tertiary/aromatic N) is 6. The molecule has 7 nitrogen and oxygen atoms in total. The highest BCUT2D eigenvalue weighted by molar-refractivity contribution is 5.27. The Bertz CT molecular complexity index is 948. The number of aromatic nitrogens is 4. The normalized spacial score (nSPS) is 16.4. The van der Waals surface area contributed by atoms with Gasteiger partial charge in [0, 0.05) is 32.7 Å². The topological polar surface area (TPSA) is 59.3 Å². The molecule has 0 bridgehead atoms. The molecule has 1 aliphatic heterocycles. The van der Waals surface area contributed by atoms with Crippen LogP contribution in [0.15, 0.2) is 54.6 Å². The van der Waals surface area contributed by atoms with E-state index in [1.807, 2.05) is 16.8 Å². The Balaban J connectivity index is 1.44. The van der Waals surface area contributed by atoms with Gasteiger partial charge in [0.2, 0.25) is 0 Å². The minimum absolute atomic E-state index is 0.224. The maximum absolute atomic E-state index is 5.28. The van der Waals surface area contributed by atoms with E-state index in [1.165, 1.54) is 5.56 Å². The number of piperazine rings is 1. The molecule has 2 aromatic carbocycles. The summed E-state index contributed by atoms with van der Waals surface area (Å²) < 4.78 is 7.24. The first kappa shape index (κ1) is 22.4. The maximum Gasteiger partial charge on any atom is 0.168 e. The van der Waals surface area contributed by atoms with Crippen LogP contribution < -0.4 is 4.74 Å². The van der Waals surface area contributed by atoms with Gasteiger partial charge in [-0.1, -0.05) is 56.3 Å². The zero-order valence-electron chi connectivity index (χ0n) is 19.4. The van der Waals surface area contributed by atoms with Crippen molar-refractivity contribution in [2.45, 2.75) is 39.4 Å². The van der Waals surface area contributed by atoms with Crippen LogP contribution in [0.1, 0.15) is 43.3 Å². The van der Waals surface area contributed by atoms with Crippen molar-refractivity contribution in [3.8, 4) is 5.75 Å². The van der Waals surface area contributed by atoms with Crippen molar-refractivity contribution in [2.75, 3.05) is 33.3 Å². The molecule has 1 aliphatic rings. The van der Waals surface area contributed by atoms with Gasteiger partial charge < -0.3 is 4.74 Å². The molecular formula is C25H34N6O. The summed E-state index contributed by atoms with van der Waals surface area (Å²) in [6.45, 7) is 10.4. The van der Waals surface area contributed by atoms with Gasteiger partial charge in [-0.3, -0.25) is 9.80 Å². The van der Waals surface area contributed by atoms with Crippen LogP contribution in [0, 0.1) is 5.92 Å². The number of methoxy groups -OCH3 is 1. The first-order valence-electron chi connectivity index (χ1n) is 11.5. The van der Waals surface area contributed by atoms with E-state index in [-0.39, 0.29) is 6.04 Å². The van der Waals surface area contributed by atoms with E-state index in [0.29, 0.717) is 12.5 Å². The Morgan fingerprint density at radius 2 is 1.56 bits per heavy atom. The fraction of sp³-hybridized carbons (Fsp3) is 0.480. The number of tetrazole rings is 1. The molecule has 1 atom stereocenters. The summed E-state index contributed by atoms with van der Waals surface area (Å²) in [7, 11) is 1.69. The lowest BCUT2D eigenvalue weighted by molar-refractivity contribution is 0.0770. The summed E-state index contributed by atoms with van der Waals surface area (Å²) in [6, 6.07) is 19.1. The first-order chi connectivity index (χ1) is 15.6. The van der Waals surface area contributed by atoms with E-state index in [9.17, 15) is 0 Å². The van der Waals surface area contributed by atoms with E-state index in [4.69, 9.17) is 4.74 Å². The van der Waals surface area contributed by atoms with Crippen molar-refractivity contribution in [3.05, 3.63) is 71.5 Å². The van der Waals surface area contributed by atoms with Gasteiger partial charge in [-0.05, 0) is 46.0 Å². The largest absolute Gasteiger partial charge is 0.497 e. The lowest BCUT2D eigenvalue weighted by Gasteiger charge is -2.39. The highest BCUT2D eigenvalue weighted by atomic mass is 16.5. The molecule has 1 aromatic heterocycles. The maximum atomic E-state index is 5.28. The Morgan fingerprint density at radius 3 is 2.22 bits per heavy atom. The summed E-state index contributed by atoms with van der Waals surface area (Å²) in [5, 5.41) is 12.9. The van der Waals surface area contributed by atoms with E-state index in [2.05, 4.69) is 81.6 Å². The molecule has 4 rings (SSSR count). The van der Waals surface area contributed by atoms with Gasteiger partial charge in [0.15, 0.2) is 5.82 Å². The van der Waals surface area contributed by atoms with Crippen LogP contribution in [0.3, 0.4) is 0 Å². The van der Waals surface area contributed by atoms with Crippen LogP contribution in [0.25, 0.3) is 0 Å². The Morgan fingerprint density at radius 1 is 0.875 bits per heavy atom. The van der Waals surface area contributed by atoms with Crippen LogP contribution >= 0.6 is 0 Å². The third kappa shape index (κ3) is 5.72. The van der Waals surface area contributed by atoms with E-state index < -0.39 is 0 Å². The van der Waals surface area contributed by atoms with Crippen molar-refractivity contribution in [1.29, 1.82) is 0 Å². The zero-order valence-corrected chi connectivity index (χ0v) is 19.4. The minimum atomic E-state index is 0.224. The second kappa shape index (κ2) is 10.7. The fourth-order valence-corrected chi connectivity index (χ4v) is 4.41. The second-order valence-corrected chi connectivity index (χ2v) is 8.99. The van der Waals surface area contributed by atoms with Crippen LogP contribution in [-0.2, 0) is 13.1 Å². The number of ether oxygens (including phenoxy) is 1. The average Bonchev–Trinajstić information content (AvgIpc) is 3.27. The van der Waals surface area contributed by atoms with Gasteiger partial charge in [-0.25, -0.2) is 4.68 Å². The van der Waals surface area contributed by atoms with Gasteiger partial charge in [0.25, 0.3) is 0 Å². The monoisotopic (exact) mass is 434 g/mol. The number of hydrogen-bond donors (Lipinski definition) is 0. The van der Waals surface area contributed by atoms with E-state index in [1.54, 1.807) is 7.11 Å². The molecule has 0 spiro atoms. The van der Waals surface area contributed by atoms with Crippen LogP contribution in [0.4, 0.5) is 0 Å². The van der Waals surface area contributed by atoms with Gasteiger partial charge in [0.05, 0.1) is 19.7 Å². The quantitative estimate of drug-likeness (QED) is 0.513. The third-order valence-electron chi connectivity index (χ3n) is 6.14. The second-order valence-electron chi connectivity index (χ2n) is 8.99. The lowest BCUT2D eigenvalue weighted by Crippen LogP contribution is -2.48. The molecule has 0 aliphatic carbocycles. The molecular weight excluding hydrogens is 400 g/mol. The van der Waals surface area contributed by atoms with Crippen molar-refractivity contribution < 1.29 is 4.74 Å². The Hall–Kier alpha value is -2.77. The van der Waals surface area contributed by atoms with Gasteiger partial charge >= 0.3 is 0 Å². The van der Waals surface area contributed by atoms with Crippen molar-refractivity contribution >= 4 is 0 Å². The summed E-state index contributed by atoms with van der Waals surface area (Å²) in [5.74, 6) is 2.39. The van der Waals surface area contributed by atoms with Gasteiger partial charge in [-0.15, -0.1) is 5.10 Å².